The minimum atomic E-state index is -0.272. The van der Waals surface area contributed by atoms with E-state index in [0.717, 1.165) is 11.3 Å². The number of para-hydroxylation sites is 1. The van der Waals surface area contributed by atoms with Crippen molar-refractivity contribution < 1.29 is 14.3 Å². The fourth-order valence-electron chi connectivity index (χ4n) is 2.71. The average molecular weight is 298 g/mol. The molecule has 2 aromatic carbocycles. The quantitative estimate of drug-likeness (QED) is 0.946. The summed E-state index contributed by atoms with van der Waals surface area (Å²) in [6.07, 6.45) is -0.272. The molecule has 1 amide bonds. The molecular formula is C17H18N2O3. The summed E-state index contributed by atoms with van der Waals surface area (Å²) in [6.45, 7) is 0. The smallest absolute Gasteiger partial charge is 0.255 e. The third kappa shape index (κ3) is 2.35. The maximum absolute atomic E-state index is 12.3. The zero-order chi connectivity index (χ0) is 15.7. The van der Waals surface area contributed by atoms with Crippen LogP contribution >= 0.6 is 0 Å². The number of rotatable bonds is 3. The number of carbonyl (C=O) groups is 1. The van der Waals surface area contributed by atoms with Gasteiger partial charge in [0.05, 0.1) is 25.5 Å². The van der Waals surface area contributed by atoms with Crippen LogP contribution < -0.4 is 19.7 Å². The highest BCUT2D eigenvalue weighted by molar-refractivity contribution is 6.02. The molecule has 1 aliphatic rings. The summed E-state index contributed by atoms with van der Waals surface area (Å²) >= 11 is 0. The van der Waals surface area contributed by atoms with Crippen LogP contribution in [0.15, 0.2) is 42.5 Å². The number of carbonyl (C=O) groups excluding carboxylic acids is 1. The topological polar surface area (TPSA) is 50.8 Å². The van der Waals surface area contributed by atoms with E-state index in [1.165, 1.54) is 0 Å². The van der Waals surface area contributed by atoms with Gasteiger partial charge in [0.15, 0.2) is 0 Å². The van der Waals surface area contributed by atoms with Gasteiger partial charge in [-0.1, -0.05) is 12.1 Å². The van der Waals surface area contributed by atoms with Gasteiger partial charge in [-0.25, -0.2) is 0 Å². The molecule has 22 heavy (non-hydrogen) atoms. The first-order valence-electron chi connectivity index (χ1n) is 6.99. The molecule has 1 heterocycles. The summed E-state index contributed by atoms with van der Waals surface area (Å²) in [5, 5.41) is 3.02. The van der Waals surface area contributed by atoms with Crippen LogP contribution in [-0.4, -0.2) is 27.2 Å². The molecule has 0 fully saturated rings. The average Bonchev–Trinajstić information content (AvgIpc) is 2.57. The molecule has 0 saturated carbocycles. The van der Waals surface area contributed by atoms with Crippen molar-refractivity contribution in [3.05, 3.63) is 53.6 Å². The largest absolute Gasteiger partial charge is 0.497 e. The Morgan fingerprint density at radius 3 is 2.32 bits per heavy atom. The van der Waals surface area contributed by atoms with Crippen LogP contribution in [0.3, 0.4) is 0 Å². The third-order valence-electron chi connectivity index (χ3n) is 3.87. The second-order valence-electron chi connectivity index (χ2n) is 5.15. The van der Waals surface area contributed by atoms with Gasteiger partial charge in [0.1, 0.15) is 17.7 Å². The Hall–Kier alpha value is -2.69. The van der Waals surface area contributed by atoms with Crippen LogP contribution in [0.1, 0.15) is 22.1 Å². The fourth-order valence-corrected chi connectivity index (χ4v) is 2.71. The Kier molecular flexibility index (Phi) is 3.63. The molecule has 0 saturated heterocycles. The first kappa shape index (κ1) is 14.3. The monoisotopic (exact) mass is 298 g/mol. The number of hydrogen-bond donors (Lipinski definition) is 1. The van der Waals surface area contributed by atoms with E-state index in [1.54, 1.807) is 14.2 Å². The SMILES string of the molecule is COc1cc(OC)cc(C2NC(=O)c3ccccc3N2C)c1. The Bertz CT molecular complexity index is 693. The van der Waals surface area contributed by atoms with Gasteiger partial charge < -0.3 is 19.7 Å². The van der Waals surface area contributed by atoms with Crippen LogP contribution in [-0.2, 0) is 0 Å². The summed E-state index contributed by atoms with van der Waals surface area (Å²) < 4.78 is 10.6. The number of amides is 1. The number of anilines is 1. The normalized spacial score (nSPS) is 16.8. The second kappa shape index (κ2) is 5.60. The van der Waals surface area contributed by atoms with Crippen molar-refractivity contribution in [2.75, 3.05) is 26.2 Å². The van der Waals surface area contributed by atoms with E-state index in [-0.39, 0.29) is 12.1 Å². The molecule has 5 heteroatoms. The minimum absolute atomic E-state index is 0.0829. The Morgan fingerprint density at radius 1 is 1.05 bits per heavy atom. The molecule has 0 bridgehead atoms. The predicted molar refractivity (Wildman–Crippen MR) is 84.6 cm³/mol. The lowest BCUT2D eigenvalue weighted by Gasteiger charge is -2.36. The molecule has 2 aromatic rings. The second-order valence-corrected chi connectivity index (χ2v) is 5.15. The number of nitrogens with one attached hydrogen (secondary N) is 1. The molecule has 1 unspecified atom stereocenters. The third-order valence-corrected chi connectivity index (χ3v) is 3.87. The lowest BCUT2D eigenvalue weighted by atomic mass is 10.0. The highest BCUT2D eigenvalue weighted by Crippen LogP contribution is 2.34. The highest BCUT2D eigenvalue weighted by atomic mass is 16.5. The van der Waals surface area contributed by atoms with Crippen LogP contribution in [0.25, 0.3) is 0 Å². The van der Waals surface area contributed by atoms with Crippen molar-refractivity contribution in [2.45, 2.75) is 6.17 Å². The van der Waals surface area contributed by atoms with Crippen molar-refractivity contribution in [1.29, 1.82) is 0 Å². The summed E-state index contributed by atoms with van der Waals surface area (Å²) in [4.78, 5) is 14.4. The molecule has 1 aliphatic heterocycles. The van der Waals surface area contributed by atoms with Crippen LogP contribution in [0, 0.1) is 0 Å². The zero-order valence-corrected chi connectivity index (χ0v) is 12.8. The first-order valence-corrected chi connectivity index (χ1v) is 6.99. The number of nitrogens with zero attached hydrogens (tertiary/aromatic N) is 1. The van der Waals surface area contributed by atoms with E-state index in [9.17, 15) is 4.79 Å². The summed E-state index contributed by atoms with van der Waals surface area (Å²) in [7, 11) is 5.17. The number of methoxy groups -OCH3 is 2. The van der Waals surface area contributed by atoms with Crippen molar-refractivity contribution in [2.24, 2.45) is 0 Å². The van der Waals surface area contributed by atoms with Gasteiger partial charge in [-0.15, -0.1) is 0 Å². The molecule has 5 nitrogen and oxygen atoms in total. The van der Waals surface area contributed by atoms with Crippen LogP contribution in [0.4, 0.5) is 5.69 Å². The standard InChI is InChI=1S/C17H18N2O3/c1-19-15-7-5-4-6-14(15)17(20)18-16(19)11-8-12(21-2)10-13(9-11)22-3/h4-10,16H,1-3H3,(H,18,20). The van der Waals surface area contributed by atoms with Crippen molar-refractivity contribution in [3.8, 4) is 11.5 Å². The Labute approximate surface area is 129 Å². The lowest BCUT2D eigenvalue weighted by molar-refractivity contribution is 0.0928. The van der Waals surface area contributed by atoms with E-state index in [0.29, 0.717) is 17.1 Å². The summed E-state index contributed by atoms with van der Waals surface area (Å²) in [5.74, 6) is 1.30. The number of benzene rings is 2. The van der Waals surface area contributed by atoms with Gasteiger partial charge in [0, 0.05) is 18.7 Å². The lowest BCUT2D eigenvalue weighted by Crippen LogP contribution is -2.44. The maximum atomic E-state index is 12.3. The summed E-state index contributed by atoms with van der Waals surface area (Å²) in [6, 6.07) is 13.2. The number of fused-ring (bicyclic) bond motifs is 1. The van der Waals surface area contributed by atoms with Gasteiger partial charge in [0.2, 0.25) is 0 Å². The van der Waals surface area contributed by atoms with Crippen molar-refractivity contribution >= 4 is 11.6 Å². The molecule has 114 valence electrons. The van der Waals surface area contributed by atoms with Gasteiger partial charge in [-0.2, -0.15) is 0 Å². The summed E-state index contributed by atoms with van der Waals surface area (Å²) in [5.41, 5.74) is 2.48. The molecule has 0 aromatic heterocycles. The fraction of sp³-hybridized carbons (Fsp3) is 0.235. The van der Waals surface area contributed by atoms with E-state index in [4.69, 9.17) is 9.47 Å². The van der Waals surface area contributed by atoms with Crippen molar-refractivity contribution in [3.63, 3.8) is 0 Å². The van der Waals surface area contributed by atoms with Crippen molar-refractivity contribution in [1.82, 2.24) is 5.32 Å². The van der Waals surface area contributed by atoms with Crippen LogP contribution in [0.5, 0.6) is 11.5 Å². The molecule has 1 atom stereocenters. The molecular weight excluding hydrogens is 280 g/mol. The van der Waals surface area contributed by atoms with E-state index in [2.05, 4.69) is 5.32 Å². The molecule has 0 spiro atoms. The Morgan fingerprint density at radius 2 is 1.68 bits per heavy atom. The van der Waals surface area contributed by atoms with Gasteiger partial charge in [-0.3, -0.25) is 4.79 Å². The molecule has 0 radical (unpaired) electrons. The van der Waals surface area contributed by atoms with E-state index >= 15 is 0 Å². The van der Waals surface area contributed by atoms with E-state index < -0.39 is 0 Å². The molecule has 3 rings (SSSR count). The zero-order valence-electron chi connectivity index (χ0n) is 12.8. The van der Waals surface area contributed by atoms with E-state index in [1.807, 2.05) is 54.4 Å². The maximum Gasteiger partial charge on any atom is 0.255 e. The van der Waals surface area contributed by atoms with Gasteiger partial charge in [-0.05, 0) is 24.3 Å². The first-order chi connectivity index (χ1) is 10.6. The predicted octanol–water partition coefficient (Wildman–Crippen LogP) is 2.58. The number of ether oxygens (including phenoxy) is 2. The van der Waals surface area contributed by atoms with Crippen LogP contribution in [0.2, 0.25) is 0 Å². The minimum Gasteiger partial charge on any atom is -0.497 e. The molecule has 0 aliphatic carbocycles. The Balaban J connectivity index is 2.05. The molecule has 1 N–H and O–H groups in total. The number of hydrogen-bond acceptors (Lipinski definition) is 4. The van der Waals surface area contributed by atoms with Gasteiger partial charge in [0.25, 0.3) is 5.91 Å². The highest BCUT2D eigenvalue weighted by Gasteiger charge is 2.29. The van der Waals surface area contributed by atoms with Gasteiger partial charge >= 0.3 is 0 Å².